The van der Waals surface area contributed by atoms with Crippen LogP contribution in [0.1, 0.15) is 19.4 Å². The quantitative estimate of drug-likeness (QED) is 0.801. The second-order valence-electron chi connectivity index (χ2n) is 4.58. The normalized spacial score (nSPS) is 19.6. The van der Waals surface area contributed by atoms with Crippen LogP contribution < -0.4 is 10.1 Å². The molecule has 82 valence electrons. The summed E-state index contributed by atoms with van der Waals surface area (Å²) in [7, 11) is 1.73. The fraction of sp³-hybridized carbons (Fsp3) is 0.538. The Morgan fingerprint density at radius 1 is 1.40 bits per heavy atom. The molecule has 2 rings (SSSR count). The third-order valence-corrected chi connectivity index (χ3v) is 3.30. The smallest absolute Gasteiger partial charge is 0.142 e. The van der Waals surface area contributed by atoms with Crippen molar-refractivity contribution in [3.63, 3.8) is 0 Å². The van der Waals surface area contributed by atoms with Crippen LogP contribution in [-0.4, -0.2) is 13.7 Å². The highest BCUT2D eigenvalue weighted by Gasteiger charge is 2.22. The zero-order chi connectivity index (χ0) is 10.8. The summed E-state index contributed by atoms with van der Waals surface area (Å²) in [6.45, 7) is 5.64. The van der Waals surface area contributed by atoms with E-state index in [0.29, 0.717) is 0 Å². The molecule has 1 aromatic carbocycles. The molecule has 1 aromatic rings. The Kier molecular flexibility index (Phi) is 2.85. The standard InChI is InChI=1S/C13H19NO/c1-9(2)11-7-10-5-4-6-12(15-3)13(10)14-8-11/h4-6,9,11,14H,7-8H2,1-3H3. The molecule has 0 bridgehead atoms. The van der Waals surface area contributed by atoms with Crippen LogP contribution in [0, 0.1) is 11.8 Å². The summed E-state index contributed by atoms with van der Waals surface area (Å²) in [5, 5.41) is 3.49. The van der Waals surface area contributed by atoms with Gasteiger partial charge in [0.05, 0.1) is 12.8 Å². The first-order valence-electron chi connectivity index (χ1n) is 5.62. The Labute approximate surface area is 91.6 Å². The van der Waals surface area contributed by atoms with Gasteiger partial charge in [-0.25, -0.2) is 0 Å². The van der Waals surface area contributed by atoms with E-state index in [1.807, 2.05) is 6.07 Å². The van der Waals surface area contributed by atoms with Gasteiger partial charge in [0.15, 0.2) is 0 Å². The average Bonchev–Trinajstić information content (AvgIpc) is 2.27. The molecule has 1 aliphatic heterocycles. The molecule has 1 atom stereocenters. The van der Waals surface area contributed by atoms with Crippen molar-refractivity contribution in [3.05, 3.63) is 23.8 Å². The molecule has 0 saturated heterocycles. The number of benzene rings is 1. The topological polar surface area (TPSA) is 21.3 Å². The van der Waals surface area contributed by atoms with Crippen LogP contribution in [0.25, 0.3) is 0 Å². The van der Waals surface area contributed by atoms with Crippen molar-refractivity contribution in [1.82, 2.24) is 0 Å². The fourth-order valence-corrected chi connectivity index (χ4v) is 2.18. The Balaban J connectivity index is 2.27. The number of nitrogens with one attached hydrogen (secondary N) is 1. The van der Waals surface area contributed by atoms with Gasteiger partial charge >= 0.3 is 0 Å². The van der Waals surface area contributed by atoms with Crippen LogP contribution in [0.3, 0.4) is 0 Å². The molecular weight excluding hydrogens is 186 g/mol. The van der Waals surface area contributed by atoms with E-state index in [1.165, 1.54) is 11.3 Å². The van der Waals surface area contributed by atoms with Gasteiger partial charge < -0.3 is 10.1 Å². The van der Waals surface area contributed by atoms with Gasteiger partial charge in [0.1, 0.15) is 5.75 Å². The van der Waals surface area contributed by atoms with E-state index in [-0.39, 0.29) is 0 Å². The number of rotatable bonds is 2. The summed E-state index contributed by atoms with van der Waals surface area (Å²) < 4.78 is 5.35. The number of hydrogen-bond donors (Lipinski definition) is 1. The second kappa shape index (κ2) is 4.13. The molecule has 2 nitrogen and oxygen atoms in total. The highest BCUT2D eigenvalue weighted by atomic mass is 16.5. The van der Waals surface area contributed by atoms with Crippen LogP contribution in [0.5, 0.6) is 5.75 Å². The lowest BCUT2D eigenvalue weighted by molar-refractivity contribution is 0.384. The molecule has 0 saturated carbocycles. The number of hydrogen-bond acceptors (Lipinski definition) is 2. The Hall–Kier alpha value is -1.18. The predicted molar refractivity (Wildman–Crippen MR) is 63.5 cm³/mol. The molecular formula is C13H19NO. The van der Waals surface area contributed by atoms with Gasteiger partial charge in [-0.3, -0.25) is 0 Å². The van der Waals surface area contributed by atoms with Crippen molar-refractivity contribution in [2.45, 2.75) is 20.3 Å². The van der Waals surface area contributed by atoms with E-state index in [0.717, 1.165) is 30.6 Å². The molecule has 1 unspecified atom stereocenters. The summed E-state index contributed by atoms with van der Waals surface area (Å²) >= 11 is 0. The van der Waals surface area contributed by atoms with Gasteiger partial charge in [0.25, 0.3) is 0 Å². The van der Waals surface area contributed by atoms with Crippen LogP contribution in [-0.2, 0) is 6.42 Å². The van der Waals surface area contributed by atoms with E-state index in [4.69, 9.17) is 4.74 Å². The van der Waals surface area contributed by atoms with Gasteiger partial charge in [-0.1, -0.05) is 26.0 Å². The minimum Gasteiger partial charge on any atom is -0.495 e. The minimum absolute atomic E-state index is 0.733. The summed E-state index contributed by atoms with van der Waals surface area (Å²) in [5.41, 5.74) is 2.58. The molecule has 0 amide bonds. The van der Waals surface area contributed by atoms with Crippen molar-refractivity contribution in [1.29, 1.82) is 0 Å². The molecule has 2 heteroatoms. The maximum absolute atomic E-state index is 5.35. The molecule has 1 N–H and O–H groups in total. The van der Waals surface area contributed by atoms with Gasteiger partial charge in [-0.2, -0.15) is 0 Å². The molecule has 0 spiro atoms. The zero-order valence-corrected chi connectivity index (χ0v) is 9.71. The van der Waals surface area contributed by atoms with Gasteiger partial charge in [0.2, 0.25) is 0 Å². The number of methoxy groups -OCH3 is 1. The lowest BCUT2D eigenvalue weighted by Gasteiger charge is -2.29. The van der Waals surface area contributed by atoms with Crippen LogP contribution in [0.4, 0.5) is 5.69 Å². The number of para-hydroxylation sites is 1. The van der Waals surface area contributed by atoms with Crippen molar-refractivity contribution in [2.75, 3.05) is 19.0 Å². The molecule has 0 aliphatic carbocycles. The van der Waals surface area contributed by atoms with Crippen LogP contribution in [0.2, 0.25) is 0 Å². The first-order valence-corrected chi connectivity index (χ1v) is 5.62. The van der Waals surface area contributed by atoms with Crippen LogP contribution in [0.15, 0.2) is 18.2 Å². The van der Waals surface area contributed by atoms with E-state index in [2.05, 4.69) is 31.3 Å². The third-order valence-electron chi connectivity index (χ3n) is 3.30. The summed E-state index contributed by atoms with van der Waals surface area (Å²) in [6.07, 6.45) is 1.16. The lowest BCUT2D eigenvalue weighted by Crippen LogP contribution is -2.27. The molecule has 0 fully saturated rings. The third kappa shape index (κ3) is 1.94. The Morgan fingerprint density at radius 2 is 2.20 bits per heavy atom. The first kappa shape index (κ1) is 10.3. The highest BCUT2D eigenvalue weighted by Crippen LogP contribution is 2.35. The largest absolute Gasteiger partial charge is 0.495 e. The van der Waals surface area contributed by atoms with Gasteiger partial charge in [-0.05, 0) is 29.9 Å². The summed E-state index contributed by atoms with van der Waals surface area (Å²) in [5.74, 6) is 2.44. The Bertz CT molecular complexity index is 346. The van der Waals surface area contributed by atoms with E-state index >= 15 is 0 Å². The predicted octanol–water partition coefficient (Wildman–Crippen LogP) is 2.94. The molecule has 0 aromatic heterocycles. The van der Waals surface area contributed by atoms with E-state index in [9.17, 15) is 0 Å². The molecule has 1 aliphatic rings. The fourth-order valence-electron chi connectivity index (χ4n) is 2.18. The second-order valence-corrected chi connectivity index (χ2v) is 4.58. The van der Waals surface area contributed by atoms with Crippen molar-refractivity contribution < 1.29 is 4.74 Å². The first-order chi connectivity index (χ1) is 7.22. The van der Waals surface area contributed by atoms with E-state index < -0.39 is 0 Å². The monoisotopic (exact) mass is 205 g/mol. The highest BCUT2D eigenvalue weighted by molar-refractivity contribution is 5.63. The SMILES string of the molecule is COc1cccc2c1NCC(C(C)C)C2. The number of fused-ring (bicyclic) bond motifs is 1. The number of anilines is 1. The zero-order valence-electron chi connectivity index (χ0n) is 9.71. The minimum atomic E-state index is 0.733. The molecule has 15 heavy (non-hydrogen) atoms. The maximum atomic E-state index is 5.35. The summed E-state index contributed by atoms with van der Waals surface area (Å²) in [4.78, 5) is 0. The number of ether oxygens (including phenoxy) is 1. The van der Waals surface area contributed by atoms with Gasteiger partial charge in [0, 0.05) is 6.54 Å². The summed E-state index contributed by atoms with van der Waals surface area (Å²) in [6, 6.07) is 6.28. The maximum Gasteiger partial charge on any atom is 0.142 e. The van der Waals surface area contributed by atoms with Crippen LogP contribution >= 0.6 is 0 Å². The average molecular weight is 205 g/mol. The molecule has 1 heterocycles. The van der Waals surface area contributed by atoms with Crippen molar-refractivity contribution >= 4 is 5.69 Å². The van der Waals surface area contributed by atoms with Crippen molar-refractivity contribution in [3.8, 4) is 5.75 Å². The van der Waals surface area contributed by atoms with E-state index in [1.54, 1.807) is 7.11 Å². The van der Waals surface area contributed by atoms with Crippen molar-refractivity contribution in [2.24, 2.45) is 11.8 Å². The van der Waals surface area contributed by atoms with Gasteiger partial charge in [-0.15, -0.1) is 0 Å². The molecule has 0 radical (unpaired) electrons. The lowest BCUT2D eigenvalue weighted by atomic mass is 9.86. The Morgan fingerprint density at radius 3 is 2.87 bits per heavy atom.